The summed E-state index contributed by atoms with van der Waals surface area (Å²) in [5.41, 5.74) is 3.68. The molecule has 1 heteroatoms. The Hall–Kier alpha value is -0.300. The second-order valence-electron chi connectivity index (χ2n) is 13.3. The monoisotopic (exact) mass is 398 g/mol. The van der Waals surface area contributed by atoms with Gasteiger partial charge in [0.15, 0.2) is 0 Å². The van der Waals surface area contributed by atoms with E-state index in [0.717, 1.165) is 24.2 Å². The molecule has 0 spiro atoms. The Morgan fingerprint density at radius 3 is 2.41 bits per heavy atom. The van der Waals surface area contributed by atoms with Gasteiger partial charge in [-0.15, -0.1) is 0 Å². The first-order valence-electron chi connectivity index (χ1n) is 13.0. The van der Waals surface area contributed by atoms with E-state index in [1.807, 2.05) is 5.57 Å². The molecule has 0 aromatic heterocycles. The summed E-state index contributed by atoms with van der Waals surface area (Å²) >= 11 is 0. The Kier molecular flexibility index (Phi) is 4.52. The summed E-state index contributed by atoms with van der Waals surface area (Å²) < 4.78 is 0. The number of fused-ring (bicyclic) bond motifs is 7. The highest BCUT2D eigenvalue weighted by molar-refractivity contribution is 5.33. The Balaban J connectivity index is 1.58. The van der Waals surface area contributed by atoms with E-state index in [9.17, 15) is 5.11 Å². The van der Waals surface area contributed by atoms with Gasteiger partial charge in [-0.25, -0.2) is 0 Å². The minimum Gasteiger partial charge on any atom is -0.393 e. The second-order valence-corrected chi connectivity index (χ2v) is 13.3. The molecule has 0 aromatic carbocycles. The van der Waals surface area contributed by atoms with Gasteiger partial charge in [-0.1, -0.05) is 66.0 Å². The lowest BCUT2D eigenvalue weighted by Gasteiger charge is -2.70. The zero-order chi connectivity index (χ0) is 20.8. The largest absolute Gasteiger partial charge is 0.393 e. The van der Waals surface area contributed by atoms with E-state index >= 15 is 0 Å². The predicted molar refractivity (Wildman–Crippen MR) is 121 cm³/mol. The fourth-order valence-electron chi connectivity index (χ4n) is 10.4. The topological polar surface area (TPSA) is 20.2 Å². The van der Waals surface area contributed by atoms with Gasteiger partial charge in [0.1, 0.15) is 0 Å². The van der Waals surface area contributed by atoms with Crippen LogP contribution in [-0.4, -0.2) is 11.2 Å². The molecule has 9 unspecified atom stereocenters. The van der Waals surface area contributed by atoms with Crippen LogP contribution in [0.2, 0.25) is 0 Å². The molecular formula is C28H46O. The van der Waals surface area contributed by atoms with Crippen LogP contribution in [0.25, 0.3) is 0 Å². The van der Waals surface area contributed by atoms with Crippen molar-refractivity contribution in [3.05, 3.63) is 11.6 Å². The van der Waals surface area contributed by atoms with Crippen LogP contribution in [0.1, 0.15) is 106 Å². The van der Waals surface area contributed by atoms with Crippen LogP contribution in [0.4, 0.5) is 0 Å². The summed E-state index contributed by atoms with van der Waals surface area (Å²) in [7, 11) is 0. The highest BCUT2D eigenvalue weighted by Gasteiger charge is 2.66. The highest BCUT2D eigenvalue weighted by Crippen LogP contribution is 2.74. The molecule has 1 N–H and O–H groups in total. The van der Waals surface area contributed by atoms with Crippen LogP contribution in [0.5, 0.6) is 0 Å². The third-order valence-electron chi connectivity index (χ3n) is 12.3. The first kappa shape index (κ1) is 20.6. The molecule has 0 bridgehead atoms. The molecule has 4 fully saturated rings. The molecule has 5 aliphatic rings. The Bertz CT molecular complexity index is 709. The van der Waals surface area contributed by atoms with E-state index in [-0.39, 0.29) is 6.10 Å². The lowest BCUT2D eigenvalue weighted by atomic mass is 9.34. The maximum atomic E-state index is 10.6. The Labute approximate surface area is 180 Å². The molecular weight excluding hydrogens is 352 g/mol. The summed E-state index contributed by atoms with van der Waals surface area (Å²) in [6.07, 6.45) is 16.2. The molecule has 29 heavy (non-hydrogen) atoms. The summed E-state index contributed by atoms with van der Waals surface area (Å²) in [6, 6.07) is 0. The van der Waals surface area contributed by atoms with Crippen molar-refractivity contribution in [3.8, 4) is 0 Å². The molecule has 0 aliphatic heterocycles. The maximum Gasteiger partial charge on any atom is 0.0568 e. The van der Waals surface area contributed by atoms with Gasteiger partial charge in [-0.05, 0) is 103 Å². The van der Waals surface area contributed by atoms with Gasteiger partial charge >= 0.3 is 0 Å². The van der Waals surface area contributed by atoms with E-state index in [0.29, 0.717) is 33.5 Å². The van der Waals surface area contributed by atoms with Crippen molar-refractivity contribution >= 4 is 0 Å². The first-order valence-corrected chi connectivity index (χ1v) is 13.0. The SMILES string of the molecule is CC1CCCC2(C)CC[C@]3(C)C(=CCC4C5(C)CCC(O)C(C)C5CCC43C)C12. The second kappa shape index (κ2) is 6.36. The van der Waals surface area contributed by atoms with E-state index in [1.165, 1.54) is 57.8 Å². The number of allylic oxidation sites excluding steroid dienone is 2. The van der Waals surface area contributed by atoms with Gasteiger partial charge in [0.05, 0.1) is 6.10 Å². The van der Waals surface area contributed by atoms with Gasteiger partial charge in [-0.3, -0.25) is 0 Å². The number of aliphatic hydroxyl groups is 1. The molecule has 164 valence electrons. The molecule has 0 heterocycles. The number of aliphatic hydroxyl groups excluding tert-OH is 1. The predicted octanol–water partition coefficient (Wildman–Crippen LogP) is 7.39. The molecule has 0 radical (unpaired) electrons. The van der Waals surface area contributed by atoms with Crippen molar-refractivity contribution in [2.45, 2.75) is 112 Å². The molecule has 0 aromatic rings. The van der Waals surface area contributed by atoms with Gasteiger partial charge in [0.25, 0.3) is 0 Å². The van der Waals surface area contributed by atoms with E-state index in [2.05, 4.69) is 47.6 Å². The average molecular weight is 399 g/mol. The van der Waals surface area contributed by atoms with Gasteiger partial charge < -0.3 is 5.11 Å². The van der Waals surface area contributed by atoms with Crippen molar-refractivity contribution in [2.75, 3.05) is 0 Å². The van der Waals surface area contributed by atoms with E-state index in [4.69, 9.17) is 0 Å². The molecule has 0 amide bonds. The molecule has 1 nitrogen and oxygen atoms in total. The van der Waals surface area contributed by atoms with Crippen LogP contribution in [0.15, 0.2) is 11.6 Å². The van der Waals surface area contributed by atoms with Gasteiger partial charge in [0, 0.05) is 0 Å². The van der Waals surface area contributed by atoms with Crippen molar-refractivity contribution in [3.63, 3.8) is 0 Å². The minimum absolute atomic E-state index is 0.0683. The van der Waals surface area contributed by atoms with E-state index < -0.39 is 0 Å². The van der Waals surface area contributed by atoms with Crippen molar-refractivity contribution < 1.29 is 5.11 Å². The number of rotatable bonds is 0. The van der Waals surface area contributed by atoms with Gasteiger partial charge in [-0.2, -0.15) is 0 Å². The van der Waals surface area contributed by atoms with Crippen molar-refractivity contribution in [1.82, 2.24) is 0 Å². The number of hydrogen-bond acceptors (Lipinski definition) is 1. The molecule has 4 saturated carbocycles. The molecule has 5 rings (SSSR count). The summed E-state index contributed by atoms with van der Waals surface area (Å²) in [4.78, 5) is 0. The Morgan fingerprint density at radius 2 is 1.66 bits per heavy atom. The minimum atomic E-state index is -0.0683. The third-order valence-corrected chi connectivity index (χ3v) is 12.3. The van der Waals surface area contributed by atoms with Crippen LogP contribution in [0, 0.1) is 51.2 Å². The van der Waals surface area contributed by atoms with Crippen molar-refractivity contribution in [2.24, 2.45) is 51.2 Å². The Morgan fingerprint density at radius 1 is 0.897 bits per heavy atom. The lowest BCUT2D eigenvalue weighted by Crippen LogP contribution is -2.63. The quantitative estimate of drug-likeness (QED) is 0.422. The zero-order valence-electron chi connectivity index (χ0n) is 20.1. The first-order chi connectivity index (χ1) is 13.6. The standard InChI is InChI=1S/C28H46O/c1-18-8-7-13-25(3)16-17-27(5)21(24(18)25)9-10-23-26(4)14-12-22(29)19(2)20(26)11-15-28(23,27)6/h9,18-20,22-24,29H,7-8,10-17H2,1-6H3/t18?,19?,20?,22?,23?,24?,25?,26?,27-,28?/m1/s1. The molecule has 0 saturated heterocycles. The summed E-state index contributed by atoms with van der Waals surface area (Å²) in [5, 5.41) is 10.6. The van der Waals surface area contributed by atoms with Crippen molar-refractivity contribution in [1.29, 1.82) is 0 Å². The number of hydrogen-bond donors (Lipinski definition) is 1. The average Bonchev–Trinajstić information content (AvgIpc) is 2.66. The molecule has 10 atom stereocenters. The van der Waals surface area contributed by atoms with Gasteiger partial charge in [0.2, 0.25) is 0 Å². The van der Waals surface area contributed by atoms with Crippen LogP contribution in [0.3, 0.4) is 0 Å². The summed E-state index contributed by atoms with van der Waals surface area (Å²) in [6.45, 7) is 15.6. The fraction of sp³-hybridized carbons (Fsp3) is 0.929. The van der Waals surface area contributed by atoms with E-state index in [1.54, 1.807) is 0 Å². The zero-order valence-corrected chi connectivity index (χ0v) is 20.1. The highest BCUT2D eigenvalue weighted by atomic mass is 16.3. The lowest BCUT2D eigenvalue weighted by molar-refractivity contribution is -0.179. The van der Waals surface area contributed by atoms with Crippen LogP contribution < -0.4 is 0 Å². The maximum absolute atomic E-state index is 10.6. The molecule has 5 aliphatic carbocycles. The normalized spacial score (nSPS) is 59.6. The fourth-order valence-corrected chi connectivity index (χ4v) is 10.4. The van der Waals surface area contributed by atoms with Crippen LogP contribution in [-0.2, 0) is 0 Å². The third kappa shape index (κ3) is 2.49. The smallest absolute Gasteiger partial charge is 0.0568 e. The summed E-state index contributed by atoms with van der Waals surface area (Å²) in [5.74, 6) is 3.66. The van der Waals surface area contributed by atoms with Crippen LogP contribution >= 0.6 is 0 Å².